The first-order valence-corrected chi connectivity index (χ1v) is 8.37. The van der Waals surface area contributed by atoms with E-state index in [1.807, 2.05) is 48.5 Å². The van der Waals surface area contributed by atoms with Crippen LogP contribution in [-0.2, 0) is 0 Å². The third-order valence-electron chi connectivity index (χ3n) is 2.47. The van der Waals surface area contributed by atoms with Gasteiger partial charge < -0.3 is 15.6 Å². The number of nitrogens with two attached hydrogens (primary N) is 1. The standard InChI is InChI=1S/C14H12N2O2.3C2H6/c1-9-6-11(16)7-10(8-15)14(9)18-13-4-2-12(17)3-5-13;3*1-2/h2-7,17H,16H2,1H3;3*1-2H3. The Kier molecular flexibility index (Phi) is 13.7. The van der Waals surface area contributed by atoms with E-state index in [1.54, 1.807) is 24.3 Å². The van der Waals surface area contributed by atoms with Crippen LogP contribution in [0.1, 0.15) is 52.7 Å². The molecule has 0 atom stereocenters. The van der Waals surface area contributed by atoms with Crippen LogP contribution in [0, 0.1) is 18.3 Å². The second-order valence-corrected chi connectivity index (χ2v) is 3.92. The van der Waals surface area contributed by atoms with Crippen molar-refractivity contribution in [1.82, 2.24) is 0 Å². The molecule has 2 aromatic carbocycles. The molecule has 0 radical (unpaired) electrons. The zero-order valence-corrected chi connectivity index (χ0v) is 15.8. The van der Waals surface area contributed by atoms with Crippen LogP contribution >= 0.6 is 0 Å². The molecule has 0 aliphatic rings. The van der Waals surface area contributed by atoms with Crippen molar-refractivity contribution in [3.63, 3.8) is 0 Å². The molecule has 132 valence electrons. The molecule has 24 heavy (non-hydrogen) atoms. The normalized spacial score (nSPS) is 8.08. The SMILES string of the molecule is CC.CC.CC.Cc1cc(N)cc(C#N)c1Oc1ccc(O)cc1. The zero-order chi connectivity index (χ0) is 19.1. The number of hydrogen-bond donors (Lipinski definition) is 2. The van der Waals surface area contributed by atoms with E-state index < -0.39 is 0 Å². The molecule has 0 amide bonds. The summed E-state index contributed by atoms with van der Waals surface area (Å²) in [6, 6.07) is 11.7. The van der Waals surface area contributed by atoms with E-state index in [4.69, 9.17) is 15.7 Å². The van der Waals surface area contributed by atoms with Crippen molar-refractivity contribution >= 4 is 5.69 Å². The fourth-order valence-corrected chi connectivity index (χ4v) is 1.65. The average Bonchev–Trinajstić information content (AvgIpc) is 2.64. The van der Waals surface area contributed by atoms with Crippen LogP contribution < -0.4 is 10.5 Å². The number of phenolic OH excluding ortho intramolecular Hbond substituents is 1. The molecule has 0 aromatic heterocycles. The third-order valence-corrected chi connectivity index (χ3v) is 2.47. The maximum absolute atomic E-state index is 9.19. The van der Waals surface area contributed by atoms with Crippen LogP contribution in [0.5, 0.6) is 17.2 Å². The Hall–Kier alpha value is -2.67. The molecule has 4 nitrogen and oxygen atoms in total. The Morgan fingerprint density at radius 3 is 1.92 bits per heavy atom. The molecule has 0 spiro atoms. The molecular weight excluding hydrogens is 300 g/mol. The second-order valence-electron chi connectivity index (χ2n) is 3.92. The molecule has 0 aliphatic heterocycles. The predicted octanol–water partition coefficient (Wildman–Crippen LogP) is 6.03. The molecule has 0 aliphatic carbocycles. The summed E-state index contributed by atoms with van der Waals surface area (Å²) < 4.78 is 5.65. The van der Waals surface area contributed by atoms with Crippen molar-refractivity contribution in [3.8, 4) is 23.3 Å². The first-order chi connectivity index (χ1) is 11.6. The maximum Gasteiger partial charge on any atom is 0.148 e. The molecule has 0 unspecified atom stereocenters. The van der Waals surface area contributed by atoms with E-state index in [0.29, 0.717) is 22.7 Å². The Bertz CT molecular complexity index is 615. The number of hydrogen-bond acceptors (Lipinski definition) is 4. The van der Waals surface area contributed by atoms with Gasteiger partial charge >= 0.3 is 0 Å². The largest absolute Gasteiger partial charge is 0.508 e. The van der Waals surface area contributed by atoms with Gasteiger partial charge in [0.1, 0.15) is 23.3 Å². The first kappa shape index (κ1) is 23.6. The minimum absolute atomic E-state index is 0.164. The number of nitrogens with zero attached hydrogens (tertiary/aromatic N) is 1. The van der Waals surface area contributed by atoms with Crippen LogP contribution in [0.15, 0.2) is 36.4 Å². The number of benzene rings is 2. The predicted molar refractivity (Wildman–Crippen MR) is 103 cm³/mol. The Morgan fingerprint density at radius 1 is 0.958 bits per heavy atom. The van der Waals surface area contributed by atoms with Crippen LogP contribution in [-0.4, -0.2) is 5.11 Å². The lowest BCUT2D eigenvalue weighted by Crippen LogP contribution is -1.94. The summed E-state index contributed by atoms with van der Waals surface area (Å²) in [5.74, 6) is 1.20. The number of rotatable bonds is 2. The van der Waals surface area contributed by atoms with Gasteiger partial charge in [0.25, 0.3) is 0 Å². The lowest BCUT2D eigenvalue weighted by Gasteiger charge is -2.11. The highest BCUT2D eigenvalue weighted by molar-refractivity contribution is 5.58. The summed E-state index contributed by atoms with van der Waals surface area (Å²) in [4.78, 5) is 0. The van der Waals surface area contributed by atoms with Gasteiger partial charge in [0.15, 0.2) is 0 Å². The lowest BCUT2D eigenvalue weighted by molar-refractivity contribution is 0.462. The van der Waals surface area contributed by atoms with Gasteiger partial charge in [-0.1, -0.05) is 41.5 Å². The summed E-state index contributed by atoms with van der Waals surface area (Å²) in [7, 11) is 0. The number of phenols is 1. The van der Waals surface area contributed by atoms with Crippen molar-refractivity contribution in [2.24, 2.45) is 0 Å². The Balaban J connectivity index is 0. The number of nitriles is 1. The van der Waals surface area contributed by atoms with Crippen LogP contribution in [0.4, 0.5) is 5.69 Å². The molecule has 2 rings (SSSR count). The number of ether oxygens (including phenoxy) is 1. The van der Waals surface area contributed by atoms with Crippen molar-refractivity contribution in [1.29, 1.82) is 5.26 Å². The van der Waals surface area contributed by atoms with Crippen LogP contribution in [0.3, 0.4) is 0 Å². The quantitative estimate of drug-likeness (QED) is 0.659. The van der Waals surface area contributed by atoms with Gasteiger partial charge in [0, 0.05) is 5.69 Å². The number of anilines is 1. The monoisotopic (exact) mass is 330 g/mol. The minimum atomic E-state index is 0.164. The second kappa shape index (κ2) is 14.0. The fraction of sp³-hybridized carbons (Fsp3) is 0.350. The van der Waals surface area contributed by atoms with Gasteiger partial charge in [0.2, 0.25) is 0 Å². The van der Waals surface area contributed by atoms with Crippen LogP contribution in [0.2, 0.25) is 0 Å². The van der Waals surface area contributed by atoms with Crippen molar-refractivity contribution < 1.29 is 9.84 Å². The highest BCUT2D eigenvalue weighted by atomic mass is 16.5. The minimum Gasteiger partial charge on any atom is -0.508 e. The highest BCUT2D eigenvalue weighted by Crippen LogP contribution is 2.31. The van der Waals surface area contributed by atoms with E-state index in [-0.39, 0.29) is 5.75 Å². The summed E-state index contributed by atoms with van der Waals surface area (Å²) >= 11 is 0. The van der Waals surface area contributed by atoms with Crippen molar-refractivity contribution in [2.75, 3.05) is 5.73 Å². The van der Waals surface area contributed by atoms with Crippen molar-refractivity contribution in [3.05, 3.63) is 47.5 Å². The van der Waals surface area contributed by atoms with Gasteiger partial charge in [-0.15, -0.1) is 0 Å². The molecule has 4 heteroatoms. The van der Waals surface area contributed by atoms with Crippen LogP contribution in [0.25, 0.3) is 0 Å². The van der Waals surface area contributed by atoms with Gasteiger partial charge in [-0.05, 0) is 48.9 Å². The lowest BCUT2D eigenvalue weighted by atomic mass is 10.1. The summed E-state index contributed by atoms with van der Waals surface area (Å²) in [5, 5.41) is 18.3. The van der Waals surface area contributed by atoms with E-state index in [2.05, 4.69) is 6.07 Å². The maximum atomic E-state index is 9.19. The molecule has 2 aromatic rings. The van der Waals surface area contributed by atoms with E-state index in [9.17, 15) is 5.11 Å². The van der Waals surface area contributed by atoms with E-state index in [0.717, 1.165) is 5.56 Å². The Morgan fingerprint density at radius 2 is 1.46 bits per heavy atom. The first-order valence-electron chi connectivity index (χ1n) is 8.37. The molecule has 3 N–H and O–H groups in total. The smallest absolute Gasteiger partial charge is 0.148 e. The summed E-state index contributed by atoms with van der Waals surface area (Å²) in [5.41, 5.74) is 7.39. The van der Waals surface area contributed by atoms with Gasteiger partial charge in [-0.2, -0.15) is 5.26 Å². The molecule has 0 bridgehead atoms. The Labute approximate surface area is 146 Å². The topological polar surface area (TPSA) is 79.3 Å². The van der Waals surface area contributed by atoms with Gasteiger partial charge in [-0.3, -0.25) is 0 Å². The number of nitrogen functional groups attached to an aromatic ring is 1. The highest BCUT2D eigenvalue weighted by Gasteiger charge is 2.09. The molecule has 0 heterocycles. The third kappa shape index (κ3) is 7.55. The number of aryl methyl sites for hydroxylation is 1. The fourth-order valence-electron chi connectivity index (χ4n) is 1.65. The molecular formula is C20H30N2O2. The summed E-state index contributed by atoms with van der Waals surface area (Å²) in [6.45, 7) is 13.8. The van der Waals surface area contributed by atoms with Gasteiger partial charge in [0.05, 0.1) is 5.56 Å². The molecule has 0 saturated heterocycles. The summed E-state index contributed by atoms with van der Waals surface area (Å²) in [6.07, 6.45) is 0. The average molecular weight is 330 g/mol. The van der Waals surface area contributed by atoms with E-state index >= 15 is 0 Å². The van der Waals surface area contributed by atoms with Gasteiger partial charge in [-0.25, -0.2) is 0 Å². The molecule has 0 saturated carbocycles. The number of aromatic hydroxyl groups is 1. The van der Waals surface area contributed by atoms with Crippen molar-refractivity contribution in [2.45, 2.75) is 48.5 Å². The van der Waals surface area contributed by atoms with E-state index in [1.165, 1.54) is 12.1 Å². The molecule has 0 fully saturated rings. The zero-order valence-electron chi connectivity index (χ0n) is 15.8.